The number of hydrogen-bond donors (Lipinski definition) is 2. The van der Waals surface area contributed by atoms with E-state index < -0.39 is 6.04 Å². The first-order chi connectivity index (χ1) is 9.86. The highest BCUT2D eigenvalue weighted by Crippen LogP contribution is 2.09. The van der Waals surface area contributed by atoms with Crippen molar-refractivity contribution in [3.05, 3.63) is 35.4 Å². The summed E-state index contributed by atoms with van der Waals surface area (Å²) in [5, 5.41) is 11.7. The second kappa shape index (κ2) is 7.78. The van der Waals surface area contributed by atoms with Gasteiger partial charge in [-0.2, -0.15) is 0 Å². The molecule has 0 radical (unpaired) electrons. The molecular formula is C16H24N2O3. The number of aliphatic hydroxyl groups excluding tert-OH is 1. The fourth-order valence-corrected chi connectivity index (χ4v) is 2.02. The maximum absolute atomic E-state index is 12.3. The summed E-state index contributed by atoms with van der Waals surface area (Å²) in [7, 11) is 1.62. The molecule has 1 aromatic carbocycles. The molecule has 116 valence electrons. The molecule has 0 saturated carbocycles. The van der Waals surface area contributed by atoms with E-state index in [0.29, 0.717) is 5.56 Å². The minimum Gasteiger partial charge on any atom is -0.395 e. The van der Waals surface area contributed by atoms with E-state index in [1.54, 1.807) is 19.2 Å². The lowest BCUT2D eigenvalue weighted by molar-refractivity contribution is -0.133. The average Bonchev–Trinajstić information content (AvgIpc) is 2.43. The van der Waals surface area contributed by atoms with Crippen molar-refractivity contribution in [1.29, 1.82) is 0 Å². The number of carbonyl (C=O) groups excluding carboxylic acids is 2. The summed E-state index contributed by atoms with van der Waals surface area (Å²) in [6, 6.07) is 6.64. The number of benzene rings is 1. The molecule has 0 spiro atoms. The molecule has 0 heterocycles. The molecule has 1 atom stereocenters. The standard InChI is InChI=1S/C16H24N2O3/c1-11(2)14(16(21)18(4)8-9-19)17-15(20)13-7-5-6-12(3)10-13/h5-7,10-11,14,19H,8-9H2,1-4H3,(H,17,20). The normalized spacial score (nSPS) is 12.1. The smallest absolute Gasteiger partial charge is 0.251 e. The van der Waals surface area contributed by atoms with Gasteiger partial charge in [-0.3, -0.25) is 9.59 Å². The lowest BCUT2D eigenvalue weighted by Crippen LogP contribution is -2.50. The van der Waals surface area contributed by atoms with E-state index >= 15 is 0 Å². The molecule has 1 rings (SSSR count). The second-order valence-electron chi connectivity index (χ2n) is 5.55. The lowest BCUT2D eigenvalue weighted by atomic mass is 10.0. The molecule has 0 bridgehead atoms. The number of nitrogens with zero attached hydrogens (tertiary/aromatic N) is 1. The molecular weight excluding hydrogens is 268 g/mol. The van der Waals surface area contributed by atoms with Crippen LogP contribution in [0.25, 0.3) is 0 Å². The SMILES string of the molecule is Cc1cccc(C(=O)NC(C(=O)N(C)CCO)C(C)C)c1. The molecule has 2 amide bonds. The Labute approximate surface area is 126 Å². The van der Waals surface area contributed by atoms with E-state index in [4.69, 9.17) is 5.11 Å². The molecule has 1 aromatic rings. The monoisotopic (exact) mass is 292 g/mol. The van der Waals surface area contributed by atoms with Gasteiger partial charge in [0.25, 0.3) is 5.91 Å². The summed E-state index contributed by atoms with van der Waals surface area (Å²) in [5.41, 5.74) is 1.53. The molecule has 1 unspecified atom stereocenters. The largest absolute Gasteiger partial charge is 0.395 e. The Bertz CT molecular complexity index is 500. The highest BCUT2D eigenvalue weighted by molar-refractivity contribution is 5.97. The first-order valence-electron chi connectivity index (χ1n) is 7.10. The Morgan fingerprint density at radius 2 is 2.00 bits per heavy atom. The van der Waals surface area contributed by atoms with Crippen molar-refractivity contribution < 1.29 is 14.7 Å². The van der Waals surface area contributed by atoms with Gasteiger partial charge in [0.15, 0.2) is 0 Å². The molecule has 0 aromatic heterocycles. The van der Waals surface area contributed by atoms with Crippen LogP contribution in [0.15, 0.2) is 24.3 Å². The second-order valence-corrected chi connectivity index (χ2v) is 5.55. The van der Waals surface area contributed by atoms with Crippen LogP contribution in [0.4, 0.5) is 0 Å². The molecule has 0 aliphatic carbocycles. The third-order valence-electron chi connectivity index (χ3n) is 3.31. The van der Waals surface area contributed by atoms with Gasteiger partial charge in [-0.1, -0.05) is 31.5 Å². The van der Waals surface area contributed by atoms with E-state index in [1.165, 1.54) is 4.90 Å². The average molecular weight is 292 g/mol. The molecule has 0 aliphatic rings. The highest BCUT2D eigenvalue weighted by atomic mass is 16.3. The van der Waals surface area contributed by atoms with E-state index in [1.807, 2.05) is 32.9 Å². The molecule has 0 saturated heterocycles. The number of aryl methyl sites for hydroxylation is 1. The van der Waals surface area contributed by atoms with Crippen LogP contribution in [0.1, 0.15) is 29.8 Å². The van der Waals surface area contributed by atoms with Crippen molar-refractivity contribution in [3.63, 3.8) is 0 Å². The minimum atomic E-state index is -0.602. The van der Waals surface area contributed by atoms with Crippen molar-refractivity contribution in [2.75, 3.05) is 20.2 Å². The highest BCUT2D eigenvalue weighted by Gasteiger charge is 2.27. The zero-order valence-electron chi connectivity index (χ0n) is 13.1. The van der Waals surface area contributed by atoms with Crippen LogP contribution in [0.2, 0.25) is 0 Å². The van der Waals surface area contributed by atoms with Gasteiger partial charge in [-0.15, -0.1) is 0 Å². The molecule has 5 nitrogen and oxygen atoms in total. The minimum absolute atomic E-state index is 0.0348. The predicted molar refractivity (Wildman–Crippen MR) is 82.0 cm³/mol. The van der Waals surface area contributed by atoms with Crippen molar-refractivity contribution in [1.82, 2.24) is 10.2 Å². The van der Waals surface area contributed by atoms with Crippen LogP contribution in [-0.4, -0.2) is 48.1 Å². The topological polar surface area (TPSA) is 69.6 Å². The molecule has 0 fully saturated rings. The summed E-state index contributed by atoms with van der Waals surface area (Å²) < 4.78 is 0. The van der Waals surface area contributed by atoms with E-state index in [0.717, 1.165) is 5.56 Å². The van der Waals surface area contributed by atoms with Gasteiger partial charge in [0, 0.05) is 19.2 Å². The molecule has 5 heteroatoms. The lowest BCUT2D eigenvalue weighted by Gasteiger charge is -2.26. The predicted octanol–water partition coefficient (Wildman–Crippen LogP) is 1.20. The van der Waals surface area contributed by atoms with Crippen molar-refractivity contribution in [3.8, 4) is 0 Å². The first-order valence-corrected chi connectivity index (χ1v) is 7.10. The zero-order chi connectivity index (χ0) is 16.0. The van der Waals surface area contributed by atoms with Crippen LogP contribution in [-0.2, 0) is 4.79 Å². The Hall–Kier alpha value is -1.88. The van der Waals surface area contributed by atoms with Gasteiger partial charge in [-0.05, 0) is 25.0 Å². The number of likely N-dealkylation sites (N-methyl/N-ethyl adjacent to an activating group) is 1. The van der Waals surface area contributed by atoms with Crippen LogP contribution in [0.5, 0.6) is 0 Å². The molecule has 2 N–H and O–H groups in total. The van der Waals surface area contributed by atoms with Crippen molar-refractivity contribution in [2.24, 2.45) is 5.92 Å². The van der Waals surface area contributed by atoms with Gasteiger partial charge >= 0.3 is 0 Å². The maximum Gasteiger partial charge on any atom is 0.251 e. The van der Waals surface area contributed by atoms with Crippen LogP contribution >= 0.6 is 0 Å². The van der Waals surface area contributed by atoms with Gasteiger partial charge in [-0.25, -0.2) is 0 Å². The van der Waals surface area contributed by atoms with E-state index in [2.05, 4.69) is 5.32 Å². The van der Waals surface area contributed by atoms with Crippen molar-refractivity contribution in [2.45, 2.75) is 26.8 Å². The fraction of sp³-hybridized carbons (Fsp3) is 0.500. The zero-order valence-corrected chi connectivity index (χ0v) is 13.1. The van der Waals surface area contributed by atoms with Crippen LogP contribution < -0.4 is 5.32 Å². The Kier molecular flexibility index (Phi) is 6.37. The maximum atomic E-state index is 12.3. The quantitative estimate of drug-likeness (QED) is 0.828. The number of nitrogens with one attached hydrogen (secondary N) is 1. The first kappa shape index (κ1) is 17.2. The third kappa shape index (κ3) is 4.86. The summed E-state index contributed by atoms with van der Waals surface area (Å²) in [6.07, 6.45) is 0. The number of aliphatic hydroxyl groups is 1. The summed E-state index contributed by atoms with van der Waals surface area (Å²) >= 11 is 0. The van der Waals surface area contributed by atoms with Gasteiger partial charge in [0.1, 0.15) is 6.04 Å². The van der Waals surface area contributed by atoms with Crippen molar-refractivity contribution >= 4 is 11.8 Å². The fourth-order valence-electron chi connectivity index (χ4n) is 2.02. The molecule has 21 heavy (non-hydrogen) atoms. The van der Waals surface area contributed by atoms with Gasteiger partial charge < -0.3 is 15.3 Å². The number of carbonyl (C=O) groups is 2. The third-order valence-corrected chi connectivity index (χ3v) is 3.31. The Morgan fingerprint density at radius 3 is 2.52 bits per heavy atom. The van der Waals surface area contributed by atoms with E-state index in [-0.39, 0.29) is 30.9 Å². The Morgan fingerprint density at radius 1 is 1.33 bits per heavy atom. The number of amides is 2. The van der Waals surface area contributed by atoms with Gasteiger partial charge in [0.2, 0.25) is 5.91 Å². The summed E-state index contributed by atoms with van der Waals surface area (Å²) in [5.74, 6) is -0.490. The van der Waals surface area contributed by atoms with E-state index in [9.17, 15) is 9.59 Å². The number of hydrogen-bond acceptors (Lipinski definition) is 3. The summed E-state index contributed by atoms with van der Waals surface area (Å²) in [4.78, 5) is 26.0. The molecule has 0 aliphatic heterocycles. The Balaban J connectivity index is 2.83. The van der Waals surface area contributed by atoms with Gasteiger partial charge in [0.05, 0.1) is 6.61 Å². The number of rotatable bonds is 6. The van der Waals surface area contributed by atoms with Crippen LogP contribution in [0, 0.1) is 12.8 Å². The van der Waals surface area contributed by atoms with Crippen LogP contribution in [0.3, 0.4) is 0 Å². The summed E-state index contributed by atoms with van der Waals surface area (Å²) in [6.45, 7) is 5.83.